The van der Waals surface area contributed by atoms with Crippen LogP contribution in [0.5, 0.6) is 0 Å². The molecule has 0 radical (unpaired) electrons. The van der Waals surface area contributed by atoms with Crippen molar-refractivity contribution in [3.8, 4) is 10.6 Å². The second-order valence-electron chi connectivity index (χ2n) is 9.37. The monoisotopic (exact) mass is 562 g/mol. The molecular formula is C31H26N6O3S. The zero-order chi connectivity index (χ0) is 28.2. The number of nitrogens with one attached hydrogen (secondary N) is 2. The summed E-state index contributed by atoms with van der Waals surface area (Å²) in [6.07, 6.45) is 4.08. The summed E-state index contributed by atoms with van der Waals surface area (Å²) in [4.78, 5) is 40.5. The van der Waals surface area contributed by atoms with Gasteiger partial charge in [-0.1, -0.05) is 36.4 Å². The van der Waals surface area contributed by atoms with E-state index in [1.165, 1.54) is 11.3 Å². The number of hydrogen-bond acceptors (Lipinski definition) is 8. The van der Waals surface area contributed by atoms with Gasteiger partial charge >= 0.3 is 0 Å². The Kier molecular flexibility index (Phi) is 7.38. The number of ketones is 1. The molecule has 0 fully saturated rings. The predicted octanol–water partition coefficient (Wildman–Crippen LogP) is 6.25. The van der Waals surface area contributed by atoms with E-state index in [0.29, 0.717) is 46.5 Å². The second kappa shape index (κ2) is 11.6. The topological polar surface area (TPSA) is 115 Å². The van der Waals surface area contributed by atoms with Crippen LogP contribution in [0.1, 0.15) is 31.6 Å². The average molecular weight is 563 g/mol. The van der Waals surface area contributed by atoms with E-state index in [9.17, 15) is 9.59 Å². The van der Waals surface area contributed by atoms with Crippen LogP contribution in [0.15, 0.2) is 95.7 Å². The number of hydrogen-bond donors (Lipinski definition) is 2. The Morgan fingerprint density at radius 3 is 2.61 bits per heavy atom. The normalized spacial score (nSPS) is 11.0. The van der Waals surface area contributed by atoms with Gasteiger partial charge in [-0.2, -0.15) is 0 Å². The molecule has 4 heterocycles. The summed E-state index contributed by atoms with van der Waals surface area (Å²) in [5.41, 5.74) is 3.91. The van der Waals surface area contributed by atoms with Gasteiger partial charge < -0.3 is 14.3 Å². The van der Waals surface area contributed by atoms with Gasteiger partial charge in [-0.3, -0.25) is 19.9 Å². The van der Waals surface area contributed by atoms with Crippen LogP contribution in [0.25, 0.3) is 21.7 Å². The Labute approximate surface area is 239 Å². The highest BCUT2D eigenvalue weighted by atomic mass is 32.1. The Morgan fingerprint density at radius 1 is 0.976 bits per heavy atom. The Balaban J connectivity index is 1.25. The Hall–Kier alpha value is -5.09. The van der Waals surface area contributed by atoms with E-state index in [2.05, 4.69) is 20.6 Å². The molecule has 0 atom stereocenters. The number of amides is 1. The number of rotatable bonds is 10. The maximum absolute atomic E-state index is 13.3. The summed E-state index contributed by atoms with van der Waals surface area (Å²) in [7, 11) is 0. The Morgan fingerprint density at radius 2 is 1.83 bits per heavy atom. The largest absolute Gasteiger partial charge is 0.440 e. The van der Waals surface area contributed by atoms with Gasteiger partial charge in [0.25, 0.3) is 5.91 Å². The van der Waals surface area contributed by atoms with Gasteiger partial charge in [-0.05, 0) is 42.5 Å². The molecule has 9 nitrogen and oxygen atoms in total. The third-order valence-corrected chi connectivity index (χ3v) is 7.63. The quantitative estimate of drug-likeness (QED) is 0.190. The number of Topliss-reactive ketones (excluding diaryl/α,β-unsaturated/α-hetero) is 1. The summed E-state index contributed by atoms with van der Waals surface area (Å²) < 4.78 is 7.58. The number of benzene rings is 2. The number of pyridine rings is 1. The molecule has 10 heteroatoms. The van der Waals surface area contributed by atoms with Crippen LogP contribution in [-0.4, -0.2) is 37.8 Å². The number of thiophene rings is 1. The first-order valence-corrected chi connectivity index (χ1v) is 13.9. The highest BCUT2D eigenvalue weighted by Crippen LogP contribution is 2.30. The molecule has 4 aromatic heterocycles. The van der Waals surface area contributed by atoms with Gasteiger partial charge in [0.2, 0.25) is 5.95 Å². The van der Waals surface area contributed by atoms with E-state index < -0.39 is 0 Å². The molecule has 6 aromatic rings. The molecule has 0 bridgehead atoms. The van der Waals surface area contributed by atoms with Crippen LogP contribution in [0, 0.1) is 6.92 Å². The van der Waals surface area contributed by atoms with Gasteiger partial charge in [-0.25, -0.2) is 9.97 Å². The second-order valence-corrected chi connectivity index (χ2v) is 10.4. The smallest absolute Gasteiger partial charge is 0.268 e. The summed E-state index contributed by atoms with van der Waals surface area (Å²) in [5, 5.41) is 6.20. The molecule has 0 aliphatic heterocycles. The van der Waals surface area contributed by atoms with Crippen LogP contribution in [-0.2, 0) is 13.0 Å². The molecule has 0 spiro atoms. The lowest BCUT2D eigenvalue weighted by molar-refractivity contribution is 0.100. The lowest BCUT2D eigenvalue weighted by Gasteiger charge is -2.10. The van der Waals surface area contributed by atoms with Crippen molar-refractivity contribution in [3.63, 3.8) is 0 Å². The number of imidazole rings is 1. The van der Waals surface area contributed by atoms with E-state index in [1.807, 2.05) is 65.2 Å². The zero-order valence-electron chi connectivity index (χ0n) is 22.2. The van der Waals surface area contributed by atoms with Crippen molar-refractivity contribution in [3.05, 3.63) is 113 Å². The van der Waals surface area contributed by atoms with Crippen LogP contribution in [0.2, 0.25) is 0 Å². The van der Waals surface area contributed by atoms with Gasteiger partial charge in [-0.15, -0.1) is 11.3 Å². The molecule has 2 N–H and O–H groups in total. The molecule has 0 saturated carbocycles. The minimum absolute atomic E-state index is 0.00431. The molecule has 0 saturated heterocycles. The van der Waals surface area contributed by atoms with Crippen molar-refractivity contribution in [1.29, 1.82) is 0 Å². The number of anilines is 2. The number of carbonyl (C=O) groups is 2. The molecule has 41 heavy (non-hydrogen) atoms. The number of fused-ring (bicyclic) bond motifs is 1. The van der Waals surface area contributed by atoms with Crippen molar-refractivity contribution in [2.75, 3.05) is 17.2 Å². The lowest BCUT2D eigenvalue weighted by atomic mass is 10.1. The van der Waals surface area contributed by atoms with Crippen molar-refractivity contribution >= 4 is 45.7 Å². The summed E-state index contributed by atoms with van der Waals surface area (Å²) in [6, 6.07) is 24.3. The average Bonchev–Trinajstić information content (AvgIpc) is 3.74. The van der Waals surface area contributed by atoms with Crippen LogP contribution in [0.4, 0.5) is 11.6 Å². The molecule has 1 amide bonds. The van der Waals surface area contributed by atoms with Gasteiger partial charge in [0.15, 0.2) is 17.4 Å². The predicted molar refractivity (Wildman–Crippen MR) is 159 cm³/mol. The van der Waals surface area contributed by atoms with E-state index in [1.54, 1.807) is 37.5 Å². The van der Waals surface area contributed by atoms with Crippen molar-refractivity contribution in [1.82, 2.24) is 19.5 Å². The maximum Gasteiger partial charge on any atom is 0.268 e. The molecule has 2 aromatic carbocycles. The number of oxazole rings is 1. The highest BCUT2D eigenvalue weighted by molar-refractivity contribution is 7.17. The first-order chi connectivity index (χ1) is 20.0. The van der Waals surface area contributed by atoms with E-state index in [4.69, 9.17) is 9.40 Å². The van der Waals surface area contributed by atoms with Crippen molar-refractivity contribution in [2.24, 2.45) is 0 Å². The van der Waals surface area contributed by atoms with Crippen LogP contribution < -0.4 is 10.6 Å². The van der Waals surface area contributed by atoms with Gasteiger partial charge in [0.05, 0.1) is 33.5 Å². The minimum atomic E-state index is -0.265. The highest BCUT2D eigenvalue weighted by Gasteiger charge is 2.18. The zero-order valence-corrected chi connectivity index (χ0v) is 23.0. The van der Waals surface area contributed by atoms with Crippen molar-refractivity contribution < 1.29 is 14.0 Å². The molecule has 0 unspecified atom stereocenters. The number of nitrogens with zero attached hydrogens (tertiary/aromatic N) is 4. The first kappa shape index (κ1) is 26.1. The molecule has 204 valence electrons. The van der Waals surface area contributed by atoms with E-state index in [0.717, 1.165) is 21.8 Å². The fourth-order valence-corrected chi connectivity index (χ4v) is 5.32. The number of aromatic nitrogens is 4. The minimum Gasteiger partial charge on any atom is -0.440 e. The molecule has 0 aliphatic rings. The fraction of sp³-hybridized carbons (Fsp3) is 0.129. The summed E-state index contributed by atoms with van der Waals surface area (Å²) in [5.74, 6) is 1.36. The Bertz CT molecular complexity index is 1820. The third-order valence-electron chi connectivity index (χ3n) is 6.53. The molecule has 6 rings (SSSR count). The third kappa shape index (κ3) is 5.92. The SMILES string of the molecule is Cc1ncc(-c2ccc(C(=O)Nc3nc4cc(NCC(=O)c5ccccc5)ccc4n3CCc3ccccn3)s2)o1. The summed E-state index contributed by atoms with van der Waals surface area (Å²) in [6.45, 7) is 2.50. The lowest BCUT2D eigenvalue weighted by Crippen LogP contribution is -2.15. The standard InChI is InChI=1S/C31H26N6O3S/c1-20-33-19-27(40-20)28-12-13-29(41-28)30(39)36-31-35-24-17-23(34-18-26(38)21-7-3-2-4-8-21)10-11-25(24)37(31)16-14-22-9-5-6-15-32-22/h2-13,15,17,19,34H,14,16,18H2,1H3,(H,35,36,39). The van der Waals surface area contributed by atoms with Crippen LogP contribution in [0.3, 0.4) is 0 Å². The number of carbonyl (C=O) groups excluding carboxylic acids is 2. The molecule has 0 aliphatic carbocycles. The fourth-order valence-electron chi connectivity index (χ4n) is 4.47. The van der Waals surface area contributed by atoms with E-state index in [-0.39, 0.29) is 18.2 Å². The summed E-state index contributed by atoms with van der Waals surface area (Å²) >= 11 is 1.32. The van der Waals surface area contributed by atoms with Gasteiger partial charge in [0, 0.05) is 43.0 Å². The van der Waals surface area contributed by atoms with E-state index >= 15 is 0 Å². The first-order valence-electron chi connectivity index (χ1n) is 13.1. The van der Waals surface area contributed by atoms with Gasteiger partial charge in [0.1, 0.15) is 0 Å². The maximum atomic E-state index is 13.3. The number of aryl methyl sites for hydroxylation is 3. The molecular weight excluding hydrogens is 536 g/mol. The van der Waals surface area contributed by atoms with Crippen LogP contribution >= 0.6 is 11.3 Å². The van der Waals surface area contributed by atoms with Crippen molar-refractivity contribution in [2.45, 2.75) is 19.9 Å².